The van der Waals surface area contributed by atoms with E-state index in [1.807, 2.05) is 12.1 Å². The Kier molecular flexibility index (Phi) is 11.0. The van der Waals surface area contributed by atoms with Gasteiger partial charge in [-0.25, -0.2) is 0 Å². The maximum Gasteiger partial charge on any atom is 0.0559 e. The number of hydrogen-bond donors (Lipinski definition) is 0. The second-order valence-corrected chi connectivity index (χ2v) is 15.9. The molecule has 0 aromatic heterocycles. The van der Waals surface area contributed by atoms with Crippen molar-refractivity contribution in [2.24, 2.45) is 5.41 Å². The van der Waals surface area contributed by atoms with Crippen molar-refractivity contribution in [1.29, 1.82) is 0 Å². The van der Waals surface area contributed by atoms with Gasteiger partial charge in [0.2, 0.25) is 0 Å². The molecule has 0 radical (unpaired) electrons. The van der Waals surface area contributed by atoms with Gasteiger partial charge in [0, 0.05) is 11.3 Å². The third-order valence-corrected chi connectivity index (χ3v) is 4.59. The fourth-order valence-electron chi connectivity index (χ4n) is 3.59. The van der Waals surface area contributed by atoms with Crippen molar-refractivity contribution < 1.29 is 52.9 Å². The molecule has 1 saturated carbocycles. The number of amides is 1. The van der Waals surface area contributed by atoms with E-state index in [2.05, 4.69) is 37.4 Å². The minimum Gasteiger partial charge on any atom is -1.00 e. The number of benzene rings is 1. The normalized spacial score (nSPS) is 19.8. The Morgan fingerprint density at radius 2 is 1.71 bits per heavy atom. The Hall–Kier alpha value is 0.110. The predicted octanol–water partition coefficient (Wildman–Crippen LogP) is -0.881. The van der Waals surface area contributed by atoms with Crippen molar-refractivity contribution in [3.05, 3.63) is 47.2 Å². The Labute approximate surface area is 173 Å². The molecule has 1 aromatic rings. The molecule has 1 amide bonds. The van der Waals surface area contributed by atoms with E-state index in [1.54, 1.807) is 23.3 Å². The molecule has 6 heteroatoms. The molecule has 0 bridgehead atoms. The van der Waals surface area contributed by atoms with Crippen molar-refractivity contribution in [1.82, 2.24) is 0 Å². The molecule has 2 nitrogen and oxygen atoms in total. The first-order valence-electron chi connectivity index (χ1n) is 8.02. The van der Waals surface area contributed by atoms with Gasteiger partial charge in [-0.3, -0.25) is 0 Å². The van der Waals surface area contributed by atoms with Gasteiger partial charge in [-0.1, -0.05) is 55.7 Å². The number of halogens is 2. The van der Waals surface area contributed by atoms with Crippen molar-refractivity contribution in [3.8, 4) is 0 Å². The van der Waals surface area contributed by atoms with Crippen LogP contribution in [0.25, 0.3) is 11.8 Å². The average molecular weight is 461 g/mol. The van der Waals surface area contributed by atoms with Gasteiger partial charge in [0.1, 0.15) is 0 Å². The van der Waals surface area contributed by atoms with Gasteiger partial charge in [-0.05, 0) is 24.0 Å². The number of nitrogens with one attached hydrogen (secondary N) is 1. The number of fused-ring (bicyclic) bond motifs is 1. The maximum absolute atomic E-state index is 12.0. The van der Waals surface area contributed by atoms with Crippen LogP contribution in [0.15, 0.2) is 30.3 Å². The summed E-state index contributed by atoms with van der Waals surface area (Å²) in [4.78, 5) is 12.0. The molecule has 1 aromatic carbocycles. The minimum absolute atomic E-state index is 0. The predicted molar refractivity (Wildman–Crippen MR) is 90.5 cm³/mol. The summed E-state index contributed by atoms with van der Waals surface area (Å²) in [6.45, 7) is 4.62. The minimum atomic E-state index is -0.457. The summed E-state index contributed by atoms with van der Waals surface area (Å²) in [5, 5.41) is 0. The number of allylic oxidation sites excluding steroid dienone is 1. The van der Waals surface area contributed by atoms with Crippen LogP contribution in [0.2, 0.25) is 13.1 Å². The number of hydrogen-bond acceptors (Lipinski definition) is 1. The van der Waals surface area contributed by atoms with E-state index >= 15 is 0 Å². The topological polar surface area (TPSA) is 40.9 Å². The van der Waals surface area contributed by atoms with Gasteiger partial charge >= 0.3 is 41.9 Å². The second kappa shape index (κ2) is 11.0. The molecule has 24 heavy (non-hydrogen) atoms. The molecular weight excluding hydrogens is 436 g/mol. The zero-order chi connectivity index (χ0) is 16.2. The van der Waals surface area contributed by atoms with Gasteiger partial charge in [0.25, 0.3) is 0 Å². The fourth-order valence-corrected chi connectivity index (χ4v) is 3.59. The van der Waals surface area contributed by atoms with E-state index in [9.17, 15) is 4.79 Å². The van der Waals surface area contributed by atoms with Crippen LogP contribution < -0.4 is 24.8 Å². The second-order valence-electron chi connectivity index (χ2n) is 6.51. The van der Waals surface area contributed by atoms with Gasteiger partial charge in [0.05, 0.1) is 5.91 Å². The summed E-state index contributed by atoms with van der Waals surface area (Å²) < 4.78 is 0. The van der Waals surface area contributed by atoms with Crippen molar-refractivity contribution in [3.63, 3.8) is 0 Å². The van der Waals surface area contributed by atoms with E-state index in [-0.39, 0.29) is 42.1 Å². The van der Waals surface area contributed by atoms with E-state index in [1.165, 1.54) is 17.5 Å². The molecule has 0 spiro atoms. The summed E-state index contributed by atoms with van der Waals surface area (Å²) in [5.41, 5.74) is 9.96. The largest absolute Gasteiger partial charge is 1.00 e. The first-order valence-corrected chi connectivity index (χ1v) is 14.2. The molecule has 3 rings (SSSR count). The van der Waals surface area contributed by atoms with Crippen LogP contribution in [0.3, 0.4) is 0 Å². The van der Waals surface area contributed by atoms with E-state index in [4.69, 9.17) is 5.73 Å². The number of rotatable bonds is 2. The van der Waals surface area contributed by atoms with Gasteiger partial charge < -0.3 is 35.3 Å². The maximum atomic E-state index is 12.0. The third kappa shape index (κ3) is 5.56. The van der Waals surface area contributed by atoms with E-state index in [0.717, 1.165) is 25.7 Å². The third-order valence-electron chi connectivity index (χ3n) is 4.59. The van der Waals surface area contributed by atoms with Crippen LogP contribution in [0.1, 0.15) is 49.1 Å². The van der Waals surface area contributed by atoms with Gasteiger partial charge in [0.15, 0.2) is 0 Å². The average Bonchev–Trinajstić information content (AvgIpc) is 2.91. The smallest absolute Gasteiger partial charge is 0.0559 e. The quantitative estimate of drug-likeness (QED) is 0.529. The van der Waals surface area contributed by atoms with Gasteiger partial charge in [-0.15, -0.1) is 0 Å². The zero-order valence-corrected chi connectivity index (χ0v) is 19.2. The van der Waals surface area contributed by atoms with Crippen LogP contribution >= 0.6 is 0 Å². The molecule has 0 saturated heterocycles. The molecule has 1 N–H and O–H groups in total. The summed E-state index contributed by atoms with van der Waals surface area (Å²) in [7, 11) is 0. The number of carbonyl (C=O) groups excluding carboxylic acids is 1. The van der Waals surface area contributed by atoms with Crippen molar-refractivity contribution in [2.75, 3.05) is 0 Å². The summed E-state index contributed by atoms with van der Waals surface area (Å²) in [6, 6.07) is 8.27. The first-order chi connectivity index (χ1) is 10.5. The van der Waals surface area contributed by atoms with E-state index in [0.29, 0.717) is 0 Å². The SMILES string of the molecule is C[Si](C)=[Zr+2].[Cl-].[Cl-].[NH-]C(=O)C1(C2C=Cc3ccccc32)CCCCC1. The van der Waals surface area contributed by atoms with Crippen LogP contribution in [-0.4, -0.2) is 11.3 Å². The molecule has 130 valence electrons. The first kappa shape index (κ1) is 24.1. The Morgan fingerprint density at radius 3 is 2.25 bits per heavy atom. The molecule has 1 fully saturated rings. The molecule has 0 aliphatic heterocycles. The van der Waals surface area contributed by atoms with Gasteiger partial charge in [-0.2, -0.15) is 0 Å². The van der Waals surface area contributed by atoms with E-state index < -0.39 is 5.41 Å². The molecule has 1 atom stereocenters. The molecule has 1 unspecified atom stereocenters. The van der Waals surface area contributed by atoms with Crippen LogP contribution in [0.4, 0.5) is 0 Å². The fraction of sp³-hybridized carbons (Fsp3) is 0.500. The number of carbonyl (C=O) groups is 1. The molecule has 2 aliphatic rings. The molecule has 2 aliphatic carbocycles. The summed E-state index contributed by atoms with van der Waals surface area (Å²) in [6.07, 6.45) is 9.36. The Balaban J connectivity index is 0.000000801. The van der Waals surface area contributed by atoms with Crippen LogP contribution in [0.5, 0.6) is 0 Å². The van der Waals surface area contributed by atoms with Crippen LogP contribution in [-0.2, 0) is 28.1 Å². The summed E-state index contributed by atoms with van der Waals surface area (Å²) in [5.74, 6) is -0.243. The summed E-state index contributed by atoms with van der Waals surface area (Å²) >= 11 is 1.74. The standard InChI is InChI=1S/C16H19NO.C2H6Si.2ClH.Zr/c17-15(18)16(10-4-1-5-11-16)14-9-8-12-6-2-3-7-13(12)14;1-3-2;;;/h2-3,6-9,14H,1,4-5,10-11H2,(H2,17,18);1-2H3;2*1H;/q;;;;+2/p-3. The monoisotopic (exact) mass is 458 g/mol. The molecule has 0 heterocycles. The van der Waals surface area contributed by atoms with Crippen molar-refractivity contribution in [2.45, 2.75) is 51.1 Å². The van der Waals surface area contributed by atoms with Crippen LogP contribution in [0, 0.1) is 5.41 Å². The Morgan fingerprint density at radius 1 is 1.17 bits per heavy atom. The zero-order valence-electron chi connectivity index (χ0n) is 14.2. The Bertz CT molecular complexity index is 596. The molecular formula is C18H24Cl2NOSiZr-. The van der Waals surface area contributed by atoms with Crippen molar-refractivity contribution >= 4 is 17.4 Å².